The van der Waals surface area contributed by atoms with Gasteiger partial charge in [0.15, 0.2) is 11.3 Å². The van der Waals surface area contributed by atoms with Crippen molar-refractivity contribution in [1.82, 2.24) is 14.8 Å². The molecule has 0 atom stereocenters. The van der Waals surface area contributed by atoms with Crippen LogP contribution in [0.3, 0.4) is 0 Å². The molecule has 0 fully saturated rings. The molecule has 136 valence electrons. The van der Waals surface area contributed by atoms with Crippen LogP contribution in [0.4, 0.5) is 5.69 Å². The largest absolute Gasteiger partial charge is 0.494 e. The van der Waals surface area contributed by atoms with Crippen LogP contribution in [-0.4, -0.2) is 27.8 Å². The van der Waals surface area contributed by atoms with Gasteiger partial charge in [-0.15, -0.1) is 0 Å². The number of ether oxygens (including phenoxy) is 1. The molecule has 4 rings (SSSR count). The number of aromatic nitrogens is 3. The first-order valence-corrected chi connectivity index (χ1v) is 8.18. The molecule has 0 saturated carbocycles. The number of hydrogen-bond acceptors (Lipinski definition) is 5. The van der Waals surface area contributed by atoms with Crippen molar-refractivity contribution in [2.24, 2.45) is 0 Å². The normalized spacial score (nSPS) is 10.9. The van der Waals surface area contributed by atoms with Crippen LogP contribution in [0.1, 0.15) is 16.1 Å². The summed E-state index contributed by atoms with van der Waals surface area (Å²) in [6.07, 6.45) is 1.70. The Bertz CT molecular complexity index is 1200. The van der Waals surface area contributed by atoms with Gasteiger partial charge in [-0.25, -0.2) is 9.48 Å². The van der Waals surface area contributed by atoms with Gasteiger partial charge in [0.05, 0.1) is 12.6 Å². The van der Waals surface area contributed by atoms with Crippen molar-refractivity contribution in [3.05, 3.63) is 70.5 Å². The molecule has 8 heteroatoms. The van der Waals surface area contributed by atoms with Gasteiger partial charge in [-0.05, 0) is 48.9 Å². The molecule has 2 heterocycles. The van der Waals surface area contributed by atoms with E-state index in [2.05, 4.69) is 15.4 Å². The number of H-pyrrole nitrogens is 1. The molecule has 0 unspecified atom stereocenters. The van der Waals surface area contributed by atoms with Gasteiger partial charge in [0, 0.05) is 11.9 Å². The van der Waals surface area contributed by atoms with E-state index in [1.54, 1.807) is 42.3 Å². The van der Waals surface area contributed by atoms with Gasteiger partial charge in [-0.1, -0.05) is 6.07 Å². The highest BCUT2D eigenvalue weighted by Gasteiger charge is 2.13. The summed E-state index contributed by atoms with van der Waals surface area (Å²) in [5, 5.41) is 7.10. The monoisotopic (exact) mass is 364 g/mol. The highest BCUT2D eigenvalue weighted by Crippen LogP contribution is 2.23. The highest BCUT2D eigenvalue weighted by atomic mass is 16.5. The number of oxazole rings is 1. The first-order chi connectivity index (χ1) is 13.0. The smallest absolute Gasteiger partial charge is 0.417 e. The summed E-state index contributed by atoms with van der Waals surface area (Å²) in [5.41, 5.74) is 3.50. The second kappa shape index (κ2) is 6.49. The first kappa shape index (κ1) is 16.6. The van der Waals surface area contributed by atoms with Crippen LogP contribution in [0, 0.1) is 6.92 Å². The first-order valence-electron chi connectivity index (χ1n) is 8.18. The topological polar surface area (TPSA) is 102 Å². The van der Waals surface area contributed by atoms with E-state index in [-0.39, 0.29) is 11.6 Å². The van der Waals surface area contributed by atoms with E-state index in [0.29, 0.717) is 22.5 Å². The molecule has 0 aliphatic rings. The van der Waals surface area contributed by atoms with Crippen LogP contribution in [0.15, 0.2) is 57.9 Å². The number of amides is 1. The maximum absolute atomic E-state index is 12.5. The number of benzene rings is 2. The van der Waals surface area contributed by atoms with Crippen LogP contribution < -0.4 is 15.8 Å². The van der Waals surface area contributed by atoms with Crippen molar-refractivity contribution in [1.29, 1.82) is 0 Å². The number of carbonyl (C=O) groups excluding carboxylic acids is 1. The van der Waals surface area contributed by atoms with E-state index >= 15 is 0 Å². The molecule has 0 bridgehead atoms. The Morgan fingerprint density at radius 3 is 2.89 bits per heavy atom. The summed E-state index contributed by atoms with van der Waals surface area (Å²) in [6.45, 7) is 1.97. The molecule has 27 heavy (non-hydrogen) atoms. The average Bonchev–Trinajstić information content (AvgIpc) is 3.27. The lowest BCUT2D eigenvalue weighted by Gasteiger charge is -2.09. The number of fused-ring (bicyclic) bond motifs is 1. The quantitative estimate of drug-likeness (QED) is 0.580. The standard InChI is InChI=1S/C19H16N4O4/c1-11-3-5-17(26-2)15(9-11)23-8-7-13(22-23)18(24)20-12-4-6-16-14(10-12)21-19(25)27-16/h3-10H,1-2H3,(H,20,24)(H,21,25). The zero-order chi connectivity index (χ0) is 19.0. The van der Waals surface area contributed by atoms with E-state index in [1.807, 2.05) is 25.1 Å². The number of aromatic amines is 1. The zero-order valence-corrected chi connectivity index (χ0v) is 14.6. The van der Waals surface area contributed by atoms with E-state index in [1.165, 1.54) is 0 Å². The number of rotatable bonds is 4. The summed E-state index contributed by atoms with van der Waals surface area (Å²) in [6, 6.07) is 12.2. The molecule has 2 aromatic carbocycles. The molecular formula is C19H16N4O4. The fourth-order valence-electron chi connectivity index (χ4n) is 2.78. The third-order valence-electron chi connectivity index (χ3n) is 4.08. The Hall–Kier alpha value is -3.81. The van der Waals surface area contributed by atoms with Gasteiger partial charge in [0.25, 0.3) is 5.91 Å². The molecule has 2 N–H and O–H groups in total. The van der Waals surface area contributed by atoms with Gasteiger partial charge >= 0.3 is 5.76 Å². The molecule has 1 amide bonds. The van der Waals surface area contributed by atoms with Crippen molar-refractivity contribution in [3.8, 4) is 11.4 Å². The predicted molar refractivity (Wildman–Crippen MR) is 99.6 cm³/mol. The van der Waals surface area contributed by atoms with Gasteiger partial charge in [0.1, 0.15) is 11.4 Å². The Morgan fingerprint density at radius 2 is 2.07 bits per heavy atom. The van der Waals surface area contributed by atoms with E-state index < -0.39 is 5.76 Å². The maximum atomic E-state index is 12.5. The number of hydrogen-bond donors (Lipinski definition) is 2. The number of methoxy groups -OCH3 is 1. The van der Waals surface area contributed by atoms with E-state index in [4.69, 9.17) is 9.15 Å². The number of aryl methyl sites for hydroxylation is 1. The molecule has 0 spiro atoms. The minimum absolute atomic E-state index is 0.249. The van der Waals surface area contributed by atoms with Crippen molar-refractivity contribution < 1.29 is 13.9 Å². The molecule has 0 aliphatic heterocycles. The third kappa shape index (κ3) is 3.20. The summed E-state index contributed by atoms with van der Waals surface area (Å²) >= 11 is 0. The van der Waals surface area contributed by atoms with Crippen LogP contribution in [0.25, 0.3) is 16.8 Å². The van der Waals surface area contributed by atoms with Crippen molar-refractivity contribution in [2.45, 2.75) is 6.92 Å². The lowest BCUT2D eigenvalue weighted by Crippen LogP contribution is -2.13. The van der Waals surface area contributed by atoms with Crippen molar-refractivity contribution in [3.63, 3.8) is 0 Å². The van der Waals surface area contributed by atoms with Crippen LogP contribution in [0.5, 0.6) is 5.75 Å². The summed E-state index contributed by atoms with van der Waals surface area (Å²) < 4.78 is 11.9. The van der Waals surface area contributed by atoms with Crippen LogP contribution in [0.2, 0.25) is 0 Å². The third-order valence-corrected chi connectivity index (χ3v) is 4.08. The maximum Gasteiger partial charge on any atom is 0.417 e. The van der Waals surface area contributed by atoms with Crippen LogP contribution in [-0.2, 0) is 0 Å². The Morgan fingerprint density at radius 1 is 1.22 bits per heavy atom. The summed E-state index contributed by atoms with van der Waals surface area (Å²) in [5.74, 6) is -0.255. The van der Waals surface area contributed by atoms with Crippen molar-refractivity contribution >= 4 is 22.7 Å². The lowest BCUT2D eigenvalue weighted by molar-refractivity contribution is 0.102. The van der Waals surface area contributed by atoms with Gasteiger partial charge in [0.2, 0.25) is 0 Å². The zero-order valence-electron chi connectivity index (χ0n) is 14.6. The Labute approximate surface area is 153 Å². The minimum atomic E-state index is -0.542. The number of nitrogens with one attached hydrogen (secondary N) is 2. The van der Waals surface area contributed by atoms with Crippen LogP contribution >= 0.6 is 0 Å². The highest BCUT2D eigenvalue weighted by molar-refractivity contribution is 6.03. The molecule has 4 aromatic rings. The molecular weight excluding hydrogens is 348 g/mol. The van der Waals surface area contributed by atoms with E-state index in [0.717, 1.165) is 11.3 Å². The lowest BCUT2D eigenvalue weighted by atomic mass is 10.2. The van der Waals surface area contributed by atoms with Gasteiger partial charge in [-0.2, -0.15) is 5.10 Å². The molecule has 0 saturated heterocycles. The SMILES string of the molecule is COc1ccc(C)cc1-n1ccc(C(=O)Nc2ccc3oc(=O)[nH]c3c2)n1. The predicted octanol–water partition coefficient (Wildman–Crippen LogP) is 2.88. The summed E-state index contributed by atoms with van der Waals surface area (Å²) in [7, 11) is 1.58. The Balaban J connectivity index is 1.59. The second-order valence-corrected chi connectivity index (χ2v) is 6.00. The number of anilines is 1. The number of nitrogens with zero attached hydrogens (tertiary/aromatic N) is 2. The molecule has 8 nitrogen and oxygen atoms in total. The second-order valence-electron chi connectivity index (χ2n) is 6.00. The molecule has 2 aromatic heterocycles. The number of carbonyl (C=O) groups is 1. The van der Waals surface area contributed by atoms with E-state index in [9.17, 15) is 9.59 Å². The van der Waals surface area contributed by atoms with Gasteiger partial charge < -0.3 is 14.5 Å². The minimum Gasteiger partial charge on any atom is -0.494 e. The molecule has 0 radical (unpaired) electrons. The molecule has 0 aliphatic carbocycles. The fraction of sp³-hybridized carbons (Fsp3) is 0.105. The fourth-order valence-corrected chi connectivity index (χ4v) is 2.78. The van der Waals surface area contributed by atoms with Crippen molar-refractivity contribution in [2.75, 3.05) is 12.4 Å². The summed E-state index contributed by atoms with van der Waals surface area (Å²) in [4.78, 5) is 26.3. The Kier molecular flexibility index (Phi) is 4.00. The van der Waals surface area contributed by atoms with Gasteiger partial charge in [-0.3, -0.25) is 9.78 Å². The average molecular weight is 364 g/mol.